The van der Waals surface area contributed by atoms with Gasteiger partial charge in [-0.3, -0.25) is 4.79 Å². The van der Waals surface area contributed by atoms with Crippen molar-refractivity contribution in [2.75, 3.05) is 19.7 Å². The maximum Gasteiger partial charge on any atom is 0.305 e. The van der Waals surface area contributed by atoms with E-state index in [0.29, 0.717) is 25.1 Å². The smallest absolute Gasteiger partial charge is 0.305 e. The van der Waals surface area contributed by atoms with Gasteiger partial charge in [-0.2, -0.15) is 0 Å². The van der Waals surface area contributed by atoms with E-state index in [2.05, 4.69) is 10.6 Å². The Morgan fingerprint density at radius 1 is 1.25 bits per heavy atom. The fourth-order valence-electron chi connectivity index (χ4n) is 3.72. The number of esters is 1. The first kappa shape index (κ1) is 15.8. The predicted octanol–water partition coefficient (Wildman–Crippen LogP) is 2.23. The molecule has 4 nitrogen and oxygen atoms in total. The molecule has 1 aliphatic heterocycles. The second kappa shape index (κ2) is 8.63. The lowest BCUT2D eigenvalue weighted by atomic mass is 9.88. The molecule has 0 spiro atoms. The molecule has 1 saturated heterocycles. The van der Waals surface area contributed by atoms with Gasteiger partial charge in [0.1, 0.15) is 0 Å². The van der Waals surface area contributed by atoms with E-state index in [1.807, 2.05) is 6.92 Å². The minimum atomic E-state index is -0.0637. The molecule has 0 amide bonds. The molecule has 1 aliphatic carbocycles. The number of ether oxygens (including phenoxy) is 1. The summed E-state index contributed by atoms with van der Waals surface area (Å²) < 4.78 is 4.95. The van der Waals surface area contributed by atoms with Crippen molar-refractivity contribution in [1.29, 1.82) is 0 Å². The highest BCUT2D eigenvalue weighted by Crippen LogP contribution is 2.31. The normalized spacial score (nSPS) is 30.4. The van der Waals surface area contributed by atoms with Crippen LogP contribution in [0.5, 0.6) is 0 Å². The van der Waals surface area contributed by atoms with E-state index < -0.39 is 0 Å². The van der Waals surface area contributed by atoms with Crippen molar-refractivity contribution < 1.29 is 9.53 Å². The first-order valence-electron chi connectivity index (χ1n) is 8.43. The van der Waals surface area contributed by atoms with E-state index in [9.17, 15) is 4.79 Å². The first-order valence-corrected chi connectivity index (χ1v) is 8.43. The highest BCUT2D eigenvalue weighted by molar-refractivity contribution is 5.69. The molecule has 2 N–H and O–H groups in total. The van der Waals surface area contributed by atoms with E-state index in [1.54, 1.807) is 0 Å². The highest BCUT2D eigenvalue weighted by Gasteiger charge is 2.33. The topological polar surface area (TPSA) is 50.4 Å². The Labute approximate surface area is 123 Å². The first-order chi connectivity index (χ1) is 9.81. The van der Waals surface area contributed by atoms with Gasteiger partial charge in [0.25, 0.3) is 0 Å². The largest absolute Gasteiger partial charge is 0.466 e. The zero-order chi connectivity index (χ0) is 14.2. The number of carbonyl (C=O) groups is 1. The molecule has 0 bridgehead atoms. The molecule has 3 unspecified atom stereocenters. The predicted molar refractivity (Wildman–Crippen MR) is 80.6 cm³/mol. The van der Waals surface area contributed by atoms with Gasteiger partial charge in [-0.25, -0.2) is 0 Å². The van der Waals surface area contributed by atoms with Gasteiger partial charge >= 0.3 is 5.97 Å². The lowest BCUT2D eigenvalue weighted by Crippen LogP contribution is -2.47. The quantitative estimate of drug-likeness (QED) is 0.555. The van der Waals surface area contributed by atoms with Gasteiger partial charge < -0.3 is 15.4 Å². The second-order valence-corrected chi connectivity index (χ2v) is 6.12. The number of rotatable bonds is 7. The van der Waals surface area contributed by atoms with Crippen LogP contribution in [0.15, 0.2) is 0 Å². The van der Waals surface area contributed by atoms with E-state index in [4.69, 9.17) is 4.74 Å². The number of hydrogen-bond donors (Lipinski definition) is 2. The van der Waals surface area contributed by atoms with Crippen molar-refractivity contribution in [1.82, 2.24) is 10.6 Å². The summed E-state index contributed by atoms with van der Waals surface area (Å²) in [7, 11) is 0. The zero-order valence-electron chi connectivity index (χ0n) is 12.8. The van der Waals surface area contributed by atoms with Crippen LogP contribution in [0.3, 0.4) is 0 Å². The molecular formula is C16H30N2O2. The Kier molecular flexibility index (Phi) is 6.80. The third-order valence-corrected chi connectivity index (χ3v) is 4.70. The molecule has 2 fully saturated rings. The molecule has 3 atom stereocenters. The monoisotopic (exact) mass is 282 g/mol. The molecular weight excluding hydrogens is 252 g/mol. The summed E-state index contributed by atoms with van der Waals surface area (Å²) >= 11 is 0. The third kappa shape index (κ3) is 4.74. The maximum absolute atomic E-state index is 11.3. The number of piperidine rings is 1. The molecule has 0 radical (unpaired) electrons. The summed E-state index contributed by atoms with van der Waals surface area (Å²) in [4.78, 5) is 11.3. The van der Waals surface area contributed by atoms with Crippen LogP contribution in [-0.4, -0.2) is 37.7 Å². The summed E-state index contributed by atoms with van der Waals surface area (Å²) in [5, 5.41) is 7.38. The summed E-state index contributed by atoms with van der Waals surface area (Å²) in [5.41, 5.74) is 0. The lowest BCUT2D eigenvalue weighted by molar-refractivity contribution is -0.143. The summed E-state index contributed by atoms with van der Waals surface area (Å²) in [5.74, 6) is 0.726. The number of nitrogens with one attached hydrogen (secondary N) is 2. The SMILES string of the molecule is CCOC(=O)CCCNC1CCCC1C1CCCCN1. The van der Waals surface area contributed by atoms with E-state index in [1.165, 1.54) is 45.1 Å². The fraction of sp³-hybridized carbons (Fsp3) is 0.938. The average Bonchev–Trinajstić information content (AvgIpc) is 2.93. The molecule has 1 heterocycles. The molecule has 0 aromatic heterocycles. The van der Waals surface area contributed by atoms with Crippen LogP contribution in [0.1, 0.15) is 58.3 Å². The van der Waals surface area contributed by atoms with Gasteiger partial charge in [-0.1, -0.05) is 12.8 Å². The van der Waals surface area contributed by atoms with Crippen molar-refractivity contribution >= 4 is 5.97 Å². The standard InChI is InChI=1S/C16H30N2O2/c1-2-20-16(19)10-6-12-18-15-9-5-7-13(15)14-8-3-4-11-17-14/h13-15,17-18H,2-12H2,1H3. The summed E-state index contributed by atoms with van der Waals surface area (Å²) in [6.45, 7) is 4.48. The van der Waals surface area contributed by atoms with Gasteiger partial charge in [-0.05, 0) is 58.0 Å². The molecule has 4 heteroatoms. The molecule has 20 heavy (non-hydrogen) atoms. The Morgan fingerprint density at radius 2 is 2.15 bits per heavy atom. The van der Waals surface area contributed by atoms with Crippen LogP contribution in [0.25, 0.3) is 0 Å². The minimum Gasteiger partial charge on any atom is -0.466 e. The van der Waals surface area contributed by atoms with Crippen LogP contribution in [-0.2, 0) is 9.53 Å². The Morgan fingerprint density at radius 3 is 2.90 bits per heavy atom. The van der Waals surface area contributed by atoms with Gasteiger partial charge in [0.05, 0.1) is 6.61 Å². The van der Waals surface area contributed by atoms with Crippen molar-refractivity contribution in [3.63, 3.8) is 0 Å². The number of carbonyl (C=O) groups excluding carboxylic acids is 1. The molecule has 0 aromatic carbocycles. The van der Waals surface area contributed by atoms with Crippen LogP contribution in [0.2, 0.25) is 0 Å². The summed E-state index contributed by atoms with van der Waals surface area (Å²) in [6, 6.07) is 1.36. The van der Waals surface area contributed by atoms with Crippen LogP contribution in [0, 0.1) is 5.92 Å². The second-order valence-electron chi connectivity index (χ2n) is 6.12. The van der Waals surface area contributed by atoms with Crippen LogP contribution < -0.4 is 10.6 Å². The maximum atomic E-state index is 11.3. The van der Waals surface area contributed by atoms with E-state index in [-0.39, 0.29) is 5.97 Å². The zero-order valence-corrected chi connectivity index (χ0v) is 12.8. The Bertz CT molecular complexity index is 290. The minimum absolute atomic E-state index is 0.0637. The van der Waals surface area contributed by atoms with Crippen LogP contribution >= 0.6 is 0 Å². The lowest BCUT2D eigenvalue weighted by Gasteiger charge is -2.33. The van der Waals surface area contributed by atoms with Crippen molar-refractivity contribution in [2.24, 2.45) is 5.92 Å². The molecule has 2 rings (SSSR count). The third-order valence-electron chi connectivity index (χ3n) is 4.70. The average molecular weight is 282 g/mol. The fourth-order valence-corrected chi connectivity index (χ4v) is 3.72. The molecule has 0 aromatic rings. The van der Waals surface area contributed by atoms with Gasteiger partial charge in [0, 0.05) is 18.5 Å². The summed E-state index contributed by atoms with van der Waals surface area (Å²) in [6.07, 6.45) is 9.48. The highest BCUT2D eigenvalue weighted by atomic mass is 16.5. The Hall–Kier alpha value is -0.610. The van der Waals surface area contributed by atoms with E-state index >= 15 is 0 Å². The molecule has 116 valence electrons. The Balaban J connectivity index is 1.65. The van der Waals surface area contributed by atoms with Gasteiger partial charge in [-0.15, -0.1) is 0 Å². The van der Waals surface area contributed by atoms with Crippen LogP contribution in [0.4, 0.5) is 0 Å². The molecule has 2 aliphatic rings. The van der Waals surface area contributed by atoms with Crippen molar-refractivity contribution in [2.45, 2.75) is 70.4 Å². The molecule has 1 saturated carbocycles. The van der Waals surface area contributed by atoms with Crippen molar-refractivity contribution in [3.05, 3.63) is 0 Å². The van der Waals surface area contributed by atoms with Gasteiger partial charge in [0.15, 0.2) is 0 Å². The number of hydrogen-bond acceptors (Lipinski definition) is 4. The van der Waals surface area contributed by atoms with E-state index in [0.717, 1.165) is 18.9 Å². The van der Waals surface area contributed by atoms with Crippen molar-refractivity contribution in [3.8, 4) is 0 Å². The van der Waals surface area contributed by atoms with Gasteiger partial charge in [0.2, 0.25) is 0 Å².